The Labute approximate surface area is 110 Å². The fourth-order valence-corrected chi connectivity index (χ4v) is 1.35. The summed E-state index contributed by atoms with van der Waals surface area (Å²) < 4.78 is 0. The summed E-state index contributed by atoms with van der Waals surface area (Å²) in [7, 11) is 0. The molecule has 0 spiro atoms. The van der Waals surface area contributed by atoms with E-state index in [4.69, 9.17) is 0 Å². The van der Waals surface area contributed by atoms with E-state index in [0.29, 0.717) is 0 Å². The van der Waals surface area contributed by atoms with E-state index < -0.39 is 0 Å². The maximum Gasteiger partial charge on any atom is 1.00 e. The summed E-state index contributed by atoms with van der Waals surface area (Å²) in [5.74, 6) is 0. The molecule has 0 radical (unpaired) electrons. The summed E-state index contributed by atoms with van der Waals surface area (Å²) in [6, 6.07) is 8.55. The Morgan fingerprint density at radius 2 is 1.82 bits per heavy atom. The second-order valence-electron chi connectivity index (χ2n) is 2.62. The minimum Gasteiger partial charge on any atom is -0.658 e. The molecule has 0 unspecified atom stereocenters. The van der Waals surface area contributed by atoms with Crippen LogP contribution in [0.15, 0.2) is 24.3 Å². The van der Waals surface area contributed by atoms with Crippen molar-refractivity contribution in [3.8, 4) is 0 Å². The van der Waals surface area contributed by atoms with Crippen molar-refractivity contribution >= 4 is 0 Å². The van der Waals surface area contributed by atoms with Gasteiger partial charge in [-0.15, -0.1) is 13.1 Å². The van der Waals surface area contributed by atoms with Gasteiger partial charge in [0.1, 0.15) is 0 Å². The van der Waals surface area contributed by atoms with Gasteiger partial charge in [-0.05, 0) is 12.0 Å². The third kappa shape index (κ3) is 2.37. The van der Waals surface area contributed by atoms with Crippen LogP contribution in [0, 0.1) is 0 Å². The minimum atomic E-state index is 0. The van der Waals surface area contributed by atoms with Crippen LogP contribution in [0.4, 0.5) is 0 Å². The first kappa shape index (κ1) is 9.90. The number of hydrogen-bond acceptors (Lipinski definition) is 0. The molecule has 1 nitrogen and oxygen atoms in total. The molecule has 0 fully saturated rings. The van der Waals surface area contributed by atoms with Gasteiger partial charge in [-0.2, -0.15) is 0 Å². The zero-order chi connectivity index (χ0) is 6.81. The van der Waals surface area contributed by atoms with Crippen molar-refractivity contribution in [1.82, 2.24) is 0 Å². The molecule has 0 aliphatic carbocycles. The zero-order valence-electron chi connectivity index (χ0n) is 6.88. The largest absolute Gasteiger partial charge is 1.00 e. The predicted octanol–water partition coefficient (Wildman–Crippen LogP) is -0.880. The van der Waals surface area contributed by atoms with Crippen molar-refractivity contribution in [3.63, 3.8) is 0 Å². The topological polar surface area (TPSA) is 14.1 Å². The average molecular weight is 171 g/mol. The van der Waals surface area contributed by atoms with Crippen LogP contribution < -0.4 is 51.4 Å². The van der Waals surface area contributed by atoms with Gasteiger partial charge in [0.05, 0.1) is 0 Å². The molecule has 0 aromatic heterocycles. The molecule has 2 rings (SSSR count). The molecule has 1 aromatic carbocycles. The fourth-order valence-electron chi connectivity index (χ4n) is 1.35. The maximum absolute atomic E-state index is 4.32. The van der Waals surface area contributed by atoms with Gasteiger partial charge in [0.25, 0.3) is 0 Å². The first-order valence-corrected chi connectivity index (χ1v) is 3.67. The van der Waals surface area contributed by atoms with Crippen molar-refractivity contribution in [2.75, 3.05) is 6.54 Å². The van der Waals surface area contributed by atoms with E-state index in [1.54, 1.807) is 0 Å². The summed E-state index contributed by atoms with van der Waals surface area (Å²) in [5.41, 5.74) is 2.89. The molecule has 0 atom stereocenters. The van der Waals surface area contributed by atoms with Crippen LogP contribution in [-0.2, 0) is 13.0 Å². The van der Waals surface area contributed by atoms with E-state index in [1.807, 2.05) is 0 Å². The smallest absolute Gasteiger partial charge is 0.658 e. The van der Waals surface area contributed by atoms with Crippen molar-refractivity contribution < 1.29 is 51.4 Å². The second kappa shape index (κ2) is 4.75. The Balaban J connectivity index is 0.000000605. The van der Waals surface area contributed by atoms with Crippen molar-refractivity contribution in [3.05, 3.63) is 40.7 Å². The van der Waals surface area contributed by atoms with Crippen molar-refractivity contribution in [2.24, 2.45) is 0 Å². The van der Waals surface area contributed by atoms with Gasteiger partial charge >= 0.3 is 51.4 Å². The molecule has 0 N–H and O–H groups in total. The predicted molar refractivity (Wildman–Crippen MR) is 42.1 cm³/mol. The van der Waals surface area contributed by atoms with E-state index >= 15 is 0 Å². The molecule has 0 saturated carbocycles. The molecular formula is C9H10KN. The summed E-state index contributed by atoms with van der Waals surface area (Å²) in [6.45, 7) is 1.94. The van der Waals surface area contributed by atoms with Crippen LogP contribution in [0.3, 0.4) is 0 Å². The molecule has 1 aliphatic heterocycles. The average Bonchev–Trinajstić information content (AvgIpc) is 2.05. The quantitative estimate of drug-likeness (QED) is 0.450. The summed E-state index contributed by atoms with van der Waals surface area (Å²) in [5, 5.41) is 4.32. The normalized spacial score (nSPS) is 14.9. The maximum atomic E-state index is 4.32. The van der Waals surface area contributed by atoms with Gasteiger partial charge < -0.3 is 5.32 Å². The molecule has 52 valence electrons. The molecule has 1 heterocycles. The third-order valence-electron chi connectivity index (χ3n) is 1.94. The van der Waals surface area contributed by atoms with Crippen LogP contribution in [0.25, 0.3) is 5.32 Å². The van der Waals surface area contributed by atoms with Gasteiger partial charge in [-0.3, -0.25) is 0 Å². The van der Waals surface area contributed by atoms with Gasteiger partial charge in [0.15, 0.2) is 0 Å². The first-order valence-electron chi connectivity index (χ1n) is 3.67. The van der Waals surface area contributed by atoms with E-state index in [0.717, 1.165) is 19.5 Å². The SMILES string of the molecule is [K+].c1ccc2c(c1)CC[N-]C2. The first-order chi connectivity index (χ1) is 4.97. The van der Waals surface area contributed by atoms with Crippen LogP contribution in [0.2, 0.25) is 0 Å². The molecule has 2 heteroatoms. The Morgan fingerprint density at radius 3 is 2.55 bits per heavy atom. The van der Waals surface area contributed by atoms with Crippen LogP contribution in [0.1, 0.15) is 11.1 Å². The zero-order valence-corrected chi connectivity index (χ0v) is 10.0. The van der Waals surface area contributed by atoms with Gasteiger partial charge in [-0.25, -0.2) is 0 Å². The van der Waals surface area contributed by atoms with E-state index in [1.165, 1.54) is 11.1 Å². The summed E-state index contributed by atoms with van der Waals surface area (Å²) in [4.78, 5) is 0. The van der Waals surface area contributed by atoms with Crippen LogP contribution in [0.5, 0.6) is 0 Å². The molecule has 0 saturated heterocycles. The molecule has 0 amide bonds. The number of fused-ring (bicyclic) bond motifs is 1. The number of benzene rings is 1. The minimum absolute atomic E-state index is 0. The standard InChI is InChI=1S/C9H10N.K/c1-2-4-9-7-10-6-5-8(9)3-1;/h1-4H,5-7H2;/q-1;+1. The van der Waals surface area contributed by atoms with Gasteiger partial charge in [0, 0.05) is 0 Å². The molecule has 1 aromatic rings. The van der Waals surface area contributed by atoms with E-state index in [2.05, 4.69) is 29.6 Å². The third-order valence-corrected chi connectivity index (χ3v) is 1.94. The van der Waals surface area contributed by atoms with Gasteiger partial charge in [0.2, 0.25) is 0 Å². The number of rotatable bonds is 0. The Bertz CT molecular complexity index is 210. The van der Waals surface area contributed by atoms with Crippen LogP contribution in [-0.4, -0.2) is 6.54 Å². The Morgan fingerprint density at radius 1 is 1.09 bits per heavy atom. The number of hydrogen-bond donors (Lipinski definition) is 0. The monoisotopic (exact) mass is 171 g/mol. The van der Waals surface area contributed by atoms with E-state index in [-0.39, 0.29) is 51.4 Å². The second-order valence-corrected chi connectivity index (χ2v) is 2.62. The van der Waals surface area contributed by atoms with Crippen molar-refractivity contribution in [2.45, 2.75) is 13.0 Å². The van der Waals surface area contributed by atoms with Gasteiger partial charge in [-0.1, -0.05) is 29.8 Å². The molecular weight excluding hydrogens is 161 g/mol. The Kier molecular flexibility index (Phi) is 4.27. The Hall–Kier alpha value is 0.816. The molecule has 0 bridgehead atoms. The number of nitrogens with zero attached hydrogens (tertiary/aromatic N) is 1. The summed E-state index contributed by atoms with van der Waals surface area (Å²) in [6.07, 6.45) is 1.14. The summed E-state index contributed by atoms with van der Waals surface area (Å²) >= 11 is 0. The fraction of sp³-hybridized carbons (Fsp3) is 0.333. The van der Waals surface area contributed by atoms with Crippen LogP contribution >= 0.6 is 0 Å². The molecule has 1 aliphatic rings. The molecule has 11 heavy (non-hydrogen) atoms. The van der Waals surface area contributed by atoms with E-state index in [9.17, 15) is 0 Å². The van der Waals surface area contributed by atoms with Crippen molar-refractivity contribution in [1.29, 1.82) is 0 Å².